The Balaban J connectivity index is 1.58. The number of carbonyl (C=O) groups excluding carboxylic acids is 6. The third-order valence-electron chi connectivity index (χ3n) is 11.0. The molecule has 0 spiro atoms. The molecule has 1 unspecified atom stereocenters. The number of hydrogen-bond acceptors (Lipinski definition) is 6. The fourth-order valence-electron chi connectivity index (χ4n) is 7.75. The molecule has 286 valence electrons. The first-order valence-corrected chi connectivity index (χ1v) is 19.0. The summed E-state index contributed by atoms with van der Waals surface area (Å²) in [6, 6.07) is 4.62. The first kappa shape index (κ1) is 40.5. The van der Waals surface area contributed by atoms with Crippen LogP contribution in [0.25, 0.3) is 0 Å². The Labute approximate surface area is 309 Å². The number of Topliss-reactive ketones (excluding diaryl/α,β-unsaturated/α-hetero) is 1. The fourth-order valence-corrected chi connectivity index (χ4v) is 7.75. The molecule has 3 aliphatic rings. The Morgan fingerprint density at radius 3 is 2.17 bits per heavy atom. The molecule has 1 aromatic rings. The summed E-state index contributed by atoms with van der Waals surface area (Å²) in [6.07, 6.45) is 8.61. The zero-order chi connectivity index (χ0) is 38.2. The maximum atomic E-state index is 14.7. The zero-order valence-corrected chi connectivity index (χ0v) is 31.9. The Morgan fingerprint density at radius 1 is 0.942 bits per heavy atom. The molecule has 1 aromatic carbocycles. The summed E-state index contributed by atoms with van der Waals surface area (Å²) >= 11 is 0. The van der Waals surface area contributed by atoms with E-state index in [1.54, 1.807) is 17.0 Å². The van der Waals surface area contributed by atoms with E-state index in [9.17, 15) is 28.8 Å². The molecule has 1 saturated heterocycles. The van der Waals surface area contributed by atoms with E-state index in [-0.39, 0.29) is 24.3 Å². The molecule has 5 atom stereocenters. The van der Waals surface area contributed by atoms with Crippen LogP contribution in [0.5, 0.6) is 0 Å². The molecule has 0 aromatic heterocycles. The standard InChI is InChI=1S/C40H60N6O6/c1-8-22-41-35(49)31(47)29(24-26-17-18-26)43-34(48)30-28(25(2)3)19-23-46(30)37(51)33(39(4,5)6)44-36(50)32(40(7)20-13-10-14-21-40)45-38(52)42-27-15-11-9-12-16-27/h8-9,11-12,15-16,25-26,28-30,32-33H,1,10,13-14,17-24H2,2-7H3,(H,41,49)(H,43,48)(H,44,50)(H2,42,45,52)/t28-,29?,30+,32-,33-/m1/s1. The van der Waals surface area contributed by atoms with E-state index in [4.69, 9.17) is 0 Å². The van der Waals surface area contributed by atoms with Crippen molar-refractivity contribution in [1.82, 2.24) is 26.2 Å². The highest BCUT2D eigenvalue weighted by atomic mass is 16.2. The molecule has 2 saturated carbocycles. The van der Waals surface area contributed by atoms with E-state index in [0.717, 1.165) is 44.9 Å². The third kappa shape index (κ3) is 10.4. The number of nitrogens with one attached hydrogen (secondary N) is 5. The molecule has 0 radical (unpaired) electrons. The van der Waals surface area contributed by atoms with E-state index < -0.39 is 70.4 Å². The van der Waals surface area contributed by atoms with Gasteiger partial charge < -0.3 is 31.5 Å². The number of nitrogens with zero attached hydrogens (tertiary/aromatic N) is 1. The van der Waals surface area contributed by atoms with Crippen molar-refractivity contribution in [2.75, 3.05) is 18.4 Å². The van der Waals surface area contributed by atoms with E-state index in [2.05, 4.69) is 33.2 Å². The Bertz CT molecular complexity index is 1460. The van der Waals surface area contributed by atoms with Gasteiger partial charge in [0.2, 0.25) is 23.5 Å². The molecule has 3 fully saturated rings. The largest absolute Gasteiger partial charge is 0.346 e. The van der Waals surface area contributed by atoms with Crippen LogP contribution in [0.3, 0.4) is 0 Å². The number of anilines is 1. The lowest BCUT2D eigenvalue weighted by Gasteiger charge is -2.42. The highest BCUT2D eigenvalue weighted by molar-refractivity contribution is 6.38. The van der Waals surface area contributed by atoms with Gasteiger partial charge in [-0.15, -0.1) is 6.58 Å². The van der Waals surface area contributed by atoms with Gasteiger partial charge in [0.1, 0.15) is 18.1 Å². The van der Waals surface area contributed by atoms with Crippen LogP contribution in [0, 0.1) is 28.6 Å². The van der Waals surface area contributed by atoms with Crippen molar-refractivity contribution < 1.29 is 28.8 Å². The Kier molecular flexibility index (Phi) is 13.7. The van der Waals surface area contributed by atoms with Gasteiger partial charge in [-0.05, 0) is 66.4 Å². The van der Waals surface area contributed by atoms with Crippen LogP contribution in [0.1, 0.15) is 99.3 Å². The molecular formula is C40H60N6O6. The van der Waals surface area contributed by atoms with Crippen LogP contribution in [0.2, 0.25) is 0 Å². The van der Waals surface area contributed by atoms with Crippen LogP contribution < -0.4 is 26.6 Å². The Morgan fingerprint density at radius 2 is 1.60 bits per heavy atom. The summed E-state index contributed by atoms with van der Waals surface area (Å²) in [5.41, 5.74) is -0.712. The molecular weight excluding hydrogens is 660 g/mol. The number of para-hydroxylation sites is 1. The van der Waals surface area contributed by atoms with E-state index >= 15 is 0 Å². The second-order valence-corrected chi connectivity index (χ2v) is 16.7. The summed E-state index contributed by atoms with van der Waals surface area (Å²) in [4.78, 5) is 84.0. The van der Waals surface area contributed by atoms with Crippen LogP contribution in [0.15, 0.2) is 43.0 Å². The van der Waals surface area contributed by atoms with Gasteiger partial charge in [0.05, 0.1) is 6.04 Å². The van der Waals surface area contributed by atoms with Crippen LogP contribution in [-0.2, 0) is 24.0 Å². The van der Waals surface area contributed by atoms with Gasteiger partial charge in [-0.25, -0.2) is 4.79 Å². The predicted octanol–water partition coefficient (Wildman–Crippen LogP) is 4.71. The van der Waals surface area contributed by atoms with Crippen molar-refractivity contribution in [2.24, 2.45) is 28.6 Å². The molecule has 5 N–H and O–H groups in total. The SMILES string of the molecule is C=CCNC(=O)C(=O)C(CC1CC1)NC(=O)[C@@H]1[C@@H](C(C)C)CCN1C(=O)[C@@H](NC(=O)[C@@H](NC(=O)Nc1ccccc1)C1(C)CCCCC1)C(C)(C)C. The highest BCUT2D eigenvalue weighted by Gasteiger charge is 2.49. The molecule has 12 heteroatoms. The number of amides is 6. The summed E-state index contributed by atoms with van der Waals surface area (Å²) in [5, 5.41) is 14.2. The van der Waals surface area contributed by atoms with Crippen molar-refractivity contribution in [3.63, 3.8) is 0 Å². The molecule has 1 heterocycles. The van der Waals surface area contributed by atoms with Gasteiger partial charge in [0, 0.05) is 18.8 Å². The smallest absolute Gasteiger partial charge is 0.319 e. The lowest BCUT2D eigenvalue weighted by atomic mass is 9.70. The van der Waals surface area contributed by atoms with Crippen LogP contribution >= 0.6 is 0 Å². The minimum absolute atomic E-state index is 0.0349. The van der Waals surface area contributed by atoms with Gasteiger partial charge in [0.15, 0.2) is 0 Å². The predicted molar refractivity (Wildman–Crippen MR) is 201 cm³/mol. The van der Waals surface area contributed by atoms with Crippen molar-refractivity contribution in [2.45, 2.75) is 123 Å². The van der Waals surface area contributed by atoms with Gasteiger partial charge in [-0.3, -0.25) is 24.0 Å². The summed E-state index contributed by atoms with van der Waals surface area (Å²) < 4.78 is 0. The number of carbonyl (C=O) groups is 6. The van der Waals surface area contributed by atoms with Crippen molar-refractivity contribution in [3.05, 3.63) is 43.0 Å². The second kappa shape index (κ2) is 17.5. The number of likely N-dealkylation sites (tertiary alicyclic amines) is 1. The average molecular weight is 721 g/mol. The maximum absolute atomic E-state index is 14.7. The number of benzene rings is 1. The van der Waals surface area contributed by atoms with Crippen molar-refractivity contribution >= 4 is 41.1 Å². The topological polar surface area (TPSA) is 166 Å². The van der Waals surface area contributed by atoms with Gasteiger partial charge in [-0.1, -0.05) is 97.9 Å². The first-order chi connectivity index (χ1) is 24.6. The minimum Gasteiger partial charge on any atom is -0.346 e. The minimum atomic E-state index is -1.02. The Hall–Kier alpha value is -4.22. The third-order valence-corrected chi connectivity index (χ3v) is 11.0. The van der Waals surface area contributed by atoms with Gasteiger partial charge in [0.25, 0.3) is 5.91 Å². The van der Waals surface area contributed by atoms with Crippen LogP contribution in [0.4, 0.5) is 10.5 Å². The molecule has 12 nitrogen and oxygen atoms in total. The van der Waals surface area contributed by atoms with Crippen LogP contribution in [-0.4, -0.2) is 77.6 Å². The second-order valence-electron chi connectivity index (χ2n) is 16.7. The molecule has 1 aliphatic heterocycles. The average Bonchev–Trinajstić information content (AvgIpc) is 3.80. The molecule has 6 amide bonds. The lowest BCUT2D eigenvalue weighted by Crippen LogP contribution is -2.64. The molecule has 0 bridgehead atoms. The molecule has 4 rings (SSSR count). The summed E-state index contributed by atoms with van der Waals surface area (Å²) in [5.74, 6) is -2.77. The summed E-state index contributed by atoms with van der Waals surface area (Å²) in [6.45, 7) is 15.6. The van der Waals surface area contributed by atoms with Crippen molar-refractivity contribution in [1.29, 1.82) is 0 Å². The lowest BCUT2D eigenvalue weighted by molar-refractivity contribution is -0.146. The molecule has 2 aliphatic carbocycles. The number of urea groups is 1. The fraction of sp³-hybridized carbons (Fsp3) is 0.650. The number of ketones is 1. The number of rotatable bonds is 15. The number of hydrogen-bond donors (Lipinski definition) is 5. The summed E-state index contributed by atoms with van der Waals surface area (Å²) in [7, 11) is 0. The normalized spacial score (nSPS) is 21.6. The highest BCUT2D eigenvalue weighted by Crippen LogP contribution is 2.40. The van der Waals surface area contributed by atoms with E-state index in [1.165, 1.54) is 6.08 Å². The molecule has 52 heavy (non-hydrogen) atoms. The first-order valence-electron chi connectivity index (χ1n) is 19.0. The van der Waals surface area contributed by atoms with Crippen molar-refractivity contribution in [3.8, 4) is 0 Å². The monoisotopic (exact) mass is 720 g/mol. The van der Waals surface area contributed by atoms with E-state index in [0.29, 0.717) is 25.1 Å². The quantitative estimate of drug-likeness (QED) is 0.130. The maximum Gasteiger partial charge on any atom is 0.319 e. The zero-order valence-electron chi connectivity index (χ0n) is 31.9. The van der Waals surface area contributed by atoms with Gasteiger partial charge >= 0.3 is 6.03 Å². The van der Waals surface area contributed by atoms with E-state index in [1.807, 2.05) is 59.7 Å². The van der Waals surface area contributed by atoms with Gasteiger partial charge in [-0.2, -0.15) is 0 Å².